The van der Waals surface area contributed by atoms with Crippen LogP contribution >= 0.6 is 0 Å². The van der Waals surface area contributed by atoms with Crippen LogP contribution in [0.1, 0.15) is 16.7 Å². The summed E-state index contributed by atoms with van der Waals surface area (Å²) in [6, 6.07) is 27.6. The predicted octanol–water partition coefficient (Wildman–Crippen LogP) is 5.25. The lowest BCUT2D eigenvalue weighted by molar-refractivity contribution is 0.604. The Labute approximate surface area is 221 Å². The minimum absolute atomic E-state index is 0.0706. The molecule has 0 aliphatic heterocycles. The molecule has 3 aromatic carbocycles. The second kappa shape index (κ2) is 9.22. The van der Waals surface area contributed by atoms with Crippen LogP contribution < -0.4 is 11.0 Å². The average Bonchev–Trinajstić information content (AvgIpc) is 2.98. The first-order chi connectivity index (χ1) is 19.0. The Bertz CT molecular complexity index is 2140. The van der Waals surface area contributed by atoms with Gasteiger partial charge in [-0.15, -0.1) is 0 Å². The van der Waals surface area contributed by atoms with Gasteiger partial charge in [-0.05, 0) is 19.1 Å². The molecule has 3 heterocycles. The molecular weight excluding hydrogens is 490 g/mol. The lowest BCUT2D eigenvalue weighted by Crippen LogP contribution is -2.24. The van der Waals surface area contributed by atoms with E-state index in [0.29, 0.717) is 28.1 Å². The van der Waals surface area contributed by atoms with Crippen LogP contribution in [0.2, 0.25) is 0 Å². The Hall–Kier alpha value is -5.86. The number of pyridine rings is 1. The minimum atomic E-state index is -0.797. The molecule has 8 heteroatoms. The highest BCUT2D eigenvalue weighted by molar-refractivity contribution is 5.88. The highest BCUT2D eigenvalue weighted by Gasteiger charge is 2.26. The lowest BCUT2D eigenvalue weighted by atomic mass is 9.96. The van der Waals surface area contributed by atoms with E-state index in [0.717, 1.165) is 10.1 Å². The molecule has 0 fully saturated rings. The molecule has 0 amide bonds. The Balaban J connectivity index is 1.77. The molecule has 0 atom stereocenters. The minimum Gasteiger partial charge on any atom is -0.463 e. The number of rotatable bonds is 3. The quantitative estimate of drug-likeness (QED) is 0.320. The largest absolute Gasteiger partial charge is 0.463 e. The van der Waals surface area contributed by atoms with Crippen LogP contribution in [0, 0.1) is 29.6 Å². The SMILES string of the molecule is Cc1ccc2occ(-c3c(C#N)c(=O)n4nc(-c5ccccc5)c(-c5ccccc5)nc4c3C#N)c(=O)c2c1. The number of aromatic nitrogens is 3. The van der Waals surface area contributed by atoms with Gasteiger partial charge in [0, 0.05) is 16.7 Å². The van der Waals surface area contributed by atoms with Crippen LogP contribution in [0.5, 0.6) is 0 Å². The number of hydrogen-bond donors (Lipinski definition) is 0. The fraction of sp³-hybridized carbons (Fsp3) is 0.0323. The second-order valence-corrected chi connectivity index (χ2v) is 8.91. The summed E-state index contributed by atoms with van der Waals surface area (Å²) in [4.78, 5) is 32.0. The molecule has 0 unspecified atom stereocenters. The molecule has 0 N–H and O–H groups in total. The molecule has 3 aromatic heterocycles. The smallest absolute Gasteiger partial charge is 0.291 e. The summed E-state index contributed by atoms with van der Waals surface area (Å²) in [7, 11) is 0. The van der Waals surface area contributed by atoms with Crippen molar-refractivity contribution in [1.82, 2.24) is 14.6 Å². The van der Waals surface area contributed by atoms with E-state index in [9.17, 15) is 20.1 Å². The van der Waals surface area contributed by atoms with Gasteiger partial charge in [-0.2, -0.15) is 20.1 Å². The van der Waals surface area contributed by atoms with Gasteiger partial charge in [-0.1, -0.05) is 72.3 Å². The fourth-order valence-electron chi connectivity index (χ4n) is 4.64. The zero-order valence-electron chi connectivity index (χ0n) is 20.5. The molecule has 0 radical (unpaired) electrons. The van der Waals surface area contributed by atoms with Crippen molar-refractivity contribution in [3.63, 3.8) is 0 Å². The van der Waals surface area contributed by atoms with Crippen molar-refractivity contribution in [2.75, 3.05) is 0 Å². The summed E-state index contributed by atoms with van der Waals surface area (Å²) >= 11 is 0. The maximum absolute atomic E-state index is 13.7. The average molecular weight is 508 g/mol. The first-order valence-electron chi connectivity index (χ1n) is 12.0. The van der Waals surface area contributed by atoms with Crippen molar-refractivity contribution < 1.29 is 4.42 Å². The molecule has 0 spiro atoms. The van der Waals surface area contributed by atoms with E-state index in [1.54, 1.807) is 18.2 Å². The van der Waals surface area contributed by atoms with Gasteiger partial charge in [0.2, 0.25) is 5.43 Å². The van der Waals surface area contributed by atoms with Crippen molar-refractivity contribution in [1.29, 1.82) is 10.5 Å². The standard InChI is InChI=1S/C31H17N5O3/c1-18-12-13-25-21(14-18)29(37)24(17-39-25)26-22(15-32)30-34-27(19-8-4-2-5-9-19)28(20-10-6-3-7-11-20)35-36(30)31(38)23(26)16-33/h2-14,17H,1H3. The second-order valence-electron chi connectivity index (χ2n) is 8.91. The molecule has 0 aliphatic rings. The third-order valence-electron chi connectivity index (χ3n) is 6.49. The molecule has 6 aromatic rings. The van der Waals surface area contributed by atoms with Gasteiger partial charge in [0.25, 0.3) is 5.56 Å². The molecule has 184 valence electrons. The Kier molecular flexibility index (Phi) is 5.56. The summed E-state index contributed by atoms with van der Waals surface area (Å²) < 4.78 is 6.65. The normalized spacial score (nSPS) is 10.8. The molecule has 39 heavy (non-hydrogen) atoms. The monoisotopic (exact) mass is 507 g/mol. The van der Waals surface area contributed by atoms with Crippen molar-refractivity contribution in [3.05, 3.63) is 122 Å². The zero-order chi connectivity index (χ0) is 27.1. The van der Waals surface area contributed by atoms with Crippen LogP contribution in [-0.2, 0) is 0 Å². The van der Waals surface area contributed by atoms with Crippen LogP contribution in [0.25, 0.3) is 50.3 Å². The number of nitriles is 2. The van der Waals surface area contributed by atoms with Crippen molar-refractivity contribution in [2.24, 2.45) is 0 Å². The predicted molar refractivity (Wildman–Crippen MR) is 146 cm³/mol. The van der Waals surface area contributed by atoms with Crippen LogP contribution in [-0.4, -0.2) is 14.6 Å². The van der Waals surface area contributed by atoms with Crippen molar-refractivity contribution >= 4 is 16.6 Å². The number of hydrogen-bond acceptors (Lipinski definition) is 7. The highest BCUT2D eigenvalue weighted by Crippen LogP contribution is 2.32. The van der Waals surface area contributed by atoms with Gasteiger partial charge in [0.1, 0.15) is 46.5 Å². The number of aryl methyl sites for hydroxylation is 1. The number of benzene rings is 3. The maximum Gasteiger partial charge on any atom is 0.291 e. The van der Waals surface area contributed by atoms with Crippen LogP contribution in [0.4, 0.5) is 0 Å². The van der Waals surface area contributed by atoms with Gasteiger partial charge < -0.3 is 4.42 Å². The van der Waals surface area contributed by atoms with E-state index >= 15 is 0 Å². The van der Waals surface area contributed by atoms with E-state index in [1.807, 2.05) is 73.7 Å². The third-order valence-corrected chi connectivity index (χ3v) is 6.49. The molecule has 8 nitrogen and oxygen atoms in total. The Morgan fingerprint density at radius 2 is 1.46 bits per heavy atom. The molecular formula is C31H17N5O3. The number of nitrogens with zero attached hydrogens (tertiary/aromatic N) is 5. The van der Waals surface area contributed by atoms with E-state index in [4.69, 9.17) is 9.40 Å². The first-order valence-corrected chi connectivity index (χ1v) is 12.0. The highest BCUT2D eigenvalue weighted by atomic mass is 16.3. The van der Waals surface area contributed by atoms with E-state index in [-0.39, 0.29) is 27.7 Å². The molecule has 0 aliphatic carbocycles. The van der Waals surface area contributed by atoms with E-state index in [2.05, 4.69) is 11.2 Å². The first kappa shape index (κ1) is 23.5. The summed E-state index contributed by atoms with van der Waals surface area (Å²) in [5.41, 5.74) is 1.38. The molecule has 0 bridgehead atoms. The summed E-state index contributed by atoms with van der Waals surface area (Å²) in [5, 5.41) is 25.2. The van der Waals surface area contributed by atoms with E-state index < -0.39 is 16.6 Å². The molecule has 0 saturated heterocycles. The topological polar surface area (TPSA) is 125 Å². The fourth-order valence-corrected chi connectivity index (χ4v) is 4.64. The van der Waals surface area contributed by atoms with Crippen molar-refractivity contribution in [2.45, 2.75) is 6.92 Å². The Morgan fingerprint density at radius 1 is 0.821 bits per heavy atom. The third kappa shape index (κ3) is 3.76. The zero-order valence-corrected chi connectivity index (χ0v) is 20.5. The summed E-state index contributed by atoms with van der Waals surface area (Å²) in [6.45, 7) is 1.83. The Morgan fingerprint density at radius 3 is 2.10 bits per heavy atom. The van der Waals surface area contributed by atoms with Gasteiger partial charge in [-0.3, -0.25) is 9.59 Å². The van der Waals surface area contributed by atoms with Gasteiger partial charge >= 0.3 is 0 Å². The van der Waals surface area contributed by atoms with Crippen LogP contribution in [0.3, 0.4) is 0 Å². The molecule has 0 saturated carbocycles. The van der Waals surface area contributed by atoms with Gasteiger partial charge in [0.05, 0.1) is 10.9 Å². The number of fused-ring (bicyclic) bond motifs is 2. The van der Waals surface area contributed by atoms with Crippen LogP contribution in [0.15, 0.2) is 99.1 Å². The van der Waals surface area contributed by atoms with Crippen molar-refractivity contribution in [3.8, 4) is 45.8 Å². The molecule has 6 rings (SSSR count). The maximum atomic E-state index is 13.7. The summed E-state index contributed by atoms with van der Waals surface area (Å²) in [6.07, 6.45) is 1.18. The lowest BCUT2D eigenvalue weighted by Gasteiger charge is -2.14. The summed E-state index contributed by atoms with van der Waals surface area (Å²) in [5.74, 6) is 0. The van der Waals surface area contributed by atoms with E-state index in [1.165, 1.54) is 6.26 Å². The van der Waals surface area contributed by atoms with Gasteiger partial charge in [-0.25, -0.2) is 4.98 Å². The van der Waals surface area contributed by atoms with Gasteiger partial charge in [0.15, 0.2) is 5.65 Å².